The van der Waals surface area contributed by atoms with Gasteiger partial charge in [0.05, 0.1) is 18.6 Å². The minimum atomic E-state index is -0.219. The molecule has 3 heteroatoms. The van der Waals surface area contributed by atoms with Crippen molar-refractivity contribution in [2.75, 3.05) is 6.61 Å². The van der Waals surface area contributed by atoms with E-state index in [1.807, 2.05) is 56.3 Å². The first-order chi connectivity index (χ1) is 10.2. The number of benzene rings is 2. The van der Waals surface area contributed by atoms with Crippen molar-refractivity contribution in [2.24, 2.45) is 0 Å². The Bertz CT molecular complexity index is 659. The van der Waals surface area contributed by atoms with Gasteiger partial charge in [0, 0.05) is 0 Å². The van der Waals surface area contributed by atoms with Crippen molar-refractivity contribution >= 4 is 5.78 Å². The van der Waals surface area contributed by atoms with Crippen molar-refractivity contribution in [1.82, 2.24) is 0 Å². The largest absolute Gasteiger partial charge is 0.494 e. The molecule has 1 aliphatic heterocycles. The Balaban J connectivity index is 1.85. The van der Waals surface area contributed by atoms with Gasteiger partial charge in [-0.3, -0.25) is 4.79 Å². The van der Waals surface area contributed by atoms with Gasteiger partial charge in [0.2, 0.25) is 0 Å². The van der Waals surface area contributed by atoms with Crippen LogP contribution in [0.2, 0.25) is 0 Å². The fraction of sp³-hybridized carbons (Fsp3) is 0.278. The second-order valence-electron chi connectivity index (χ2n) is 5.24. The maximum Gasteiger partial charge on any atom is 0.170 e. The lowest BCUT2D eigenvalue weighted by atomic mass is 9.95. The molecule has 0 saturated carbocycles. The SMILES string of the molecule is CCOc1ccc(C2CC(=O)c3cc(C)ccc3O2)cc1. The topological polar surface area (TPSA) is 35.5 Å². The quantitative estimate of drug-likeness (QED) is 0.850. The van der Waals surface area contributed by atoms with Gasteiger partial charge in [0.1, 0.15) is 17.6 Å². The van der Waals surface area contributed by atoms with E-state index in [1.54, 1.807) is 0 Å². The molecular formula is C18H18O3. The van der Waals surface area contributed by atoms with Crippen LogP contribution in [0.4, 0.5) is 0 Å². The molecule has 0 bridgehead atoms. The molecule has 0 radical (unpaired) electrons. The van der Waals surface area contributed by atoms with E-state index < -0.39 is 0 Å². The molecule has 1 atom stereocenters. The Hall–Kier alpha value is -2.29. The minimum absolute atomic E-state index is 0.138. The molecule has 2 aromatic carbocycles. The van der Waals surface area contributed by atoms with Crippen LogP contribution >= 0.6 is 0 Å². The van der Waals surface area contributed by atoms with E-state index >= 15 is 0 Å². The molecular weight excluding hydrogens is 264 g/mol. The highest BCUT2D eigenvalue weighted by Crippen LogP contribution is 2.35. The highest BCUT2D eigenvalue weighted by molar-refractivity contribution is 6.00. The first kappa shape index (κ1) is 13.7. The van der Waals surface area contributed by atoms with Gasteiger partial charge in [0.25, 0.3) is 0 Å². The summed E-state index contributed by atoms with van der Waals surface area (Å²) in [6, 6.07) is 13.5. The average molecular weight is 282 g/mol. The van der Waals surface area contributed by atoms with Crippen LogP contribution < -0.4 is 9.47 Å². The smallest absolute Gasteiger partial charge is 0.170 e. The molecule has 0 fully saturated rings. The molecule has 0 spiro atoms. The van der Waals surface area contributed by atoms with Gasteiger partial charge in [-0.15, -0.1) is 0 Å². The third-order valence-electron chi connectivity index (χ3n) is 3.64. The number of fused-ring (bicyclic) bond motifs is 1. The highest BCUT2D eigenvalue weighted by Gasteiger charge is 2.27. The molecule has 0 N–H and O–H groups in total. The summed E-state index contributed by atoms with van der Waals surface area (Å²) < 4.78 is 11.4. The van der Waals surface area contributed by atoms with Crippen LogP contribution in [0, 0.1) is 6.92 Å². The zero-order valence-corrected chi connectivity index (χ0v) is 12.3. The van der Waals surface area contributed by atoms with Crippen molar-refractivity contribution in [2.45, 2.75) is 26.4 Å². The Morgan fingerprint density at radius 2 is 1.95 bits per heavy atom. The van der Waals surface area contributed by atoms with Crippen LogP contribution in [0.15, 0.2) is 42.5 Å². The molecule has 3 nitrogen and oxygen atoms in total. The van der Waals surface area contributed by atoms with Gasteiger partial charge in [-0.05, 0) is 43.7 Å². The standard InChI is InChI=1S/C18H18O3/c1-3-20-14-7-5-13(6-8-14)18-11-16(19)15-10-12(2)4-9-17(15)21-18/h4-10,18H,3,11H2,1-2H3. The summed E-state index contributed by atoms with van der Waals surface area (Å²) in [4.78, 5) is 12.3. The van der Waals surface area contributed by atoms with E-state index in [0.29, 0.717) is 24.3 Å². The monoisotopic (exact) mass is 282 g/mol. The molecule has 0 aromatic heterocycles. The van der Waals surface area contributed by atoms with E-state index in [-0.39, 0.29) is 11.9 Å². The number of ether oxygens (including phenoxy) is 2. The second kappa shape index (κ2) is 5.60. The van der Waals surface area contributed by atoms with Crippen molar-refractivity contribution in [1.29, 1.82) is 0 Å². The number of aryl methyl sites for hydroxylation is 1. The van der Waals surface area contributed by atoms with Crippen LogP contribution in [-0.2, 0) is 0 Å². The Morgan fingerprint density at radius 3 is 2.67 bits per heavy atom. The molecule has 108 valence electrons. The number of carbonyl (C=O) groups excluding carboxylic acids is 1. The third-order valence-corrected chi connectivity index (χ3v) is 3.64. The van der Waals surface area contributed by atoms with Crippen molar-refractivity contribution < 1.29 is 14.3 Å². The lowest BCUT2D eigenvalue weighted by molar-refractivity contribution is 0.0850. The summed E-state index contributed by atoms with van der Waals surface area (Å²) in [5.74, 6) is 1.65. The Morgan fingerprint density at radius 1 is 1.19 bits per heavy atom. The molecule has 1 aliphatic rings. The zero-order valence-electron chi connectivity index (χ0n) is 12.3. The van der Waals surface area contributed by atoms with Gasteiger partial charge < -0.3 is 9.47 Å². The molecule has 0 saturated heterocycles. The van der Waals surface area contributed by atoms with E-state index in [0.717, 1.165) is 16.9 Å². The molecule has 1 heterocycles. The lowest BCUT2D eigenvalue weighted by Gasteiger charge is -2.26. The van der Waals surface area contributed by atoms with E-state index in [4.69, 9.17) is 9.47 Å². The Kier molecular flexibility index (Phi) is 3.65. The predicted octanol–water partition coefficient (Wildman–Crippen LogP) is 4.10. The maximum absolute atomic E-state index is 12.3. The normalized spacial score (nSPS) is 17.0. The average Bonchev–Trinajstić information content (AvgIpc) is 2.49. The predicted molar refractivity (Wildman–Crippen MR) is 81.1 cm³/mol. The maximum atomic E-state index is 12.3. The molecule has 1 unspecified atom stereocenters. The van der Waals surface area contributed by atoms with Gasteiger partial charge >= 0.3 is 0 Å². The first-order valence-corrected chi connectivity index (χ1v) is 7.20. The summed E-state index contributed by atoms with van der Waals surface area (Å²) in [7, 11) is 0. The summed E-state index contributed by atoms with van der Waals surface area (Å²) in [6.07, 6.45) is 0.160. The lowest BCUT2D eigenvalue weighted by Crippen LogP contribution is -2.20. The van der Waals surface area contributed by atoms with Gasteiger partial charge in [-0.25, -0.2) is 0 Å². The number of rotatable bonds is 3. The summed E-state index contributed by atoms with van der Waals surface area (Å²) in [6.45, 7) is 4.58. The van der Waals surface area contributed by atoms with Gasteiger partial charge in [-0.1, -0.05) is 23.8 Å². The number of carbonyl (C=O) groups is 1. The van der Waals surface area contributed by atoms with Crippen LogP contribution in [0.3, 0.4) is 0 Å². The molecule has 2 aromatic rings. The number of hydrogen-bond donors (Lipinski definition) is 0. The van der Waals surface area contributed by atoms with Crippen molar-refractivity contribution in [3.63, 3.8) is 0 Å². The third kappa shape index (κ3) is 2.77. The van der Waals surface area contributed by atoms with Crippen molar-refractivity contribution in [3.05, 3.63) is 59.2 Å². The molecule has 0 aliphatic carbocycles. The minimum Gasteiger partial charge on any atom is -0.494 e. The number of ketones is 1. The number of Topliss-reactive ketones (excluding diaryl/α,β-unsaturated/α-hetero) is 1. The van der Waals surface area contributed by atoms with E-state index in [1.165, 1.54) is 0 Å². The van der Waals surface area contributed by atoms with Gasteiger partial charge in [-0.2, -0.15) is 0 Å². The Labute approximate surface area is 124 Å². The fourth-order valence-corrected chi connectivity index (χ4v) is 2.57. The zero-order chi connectivity index (χ0) is 14.8. The molecule has 0 amide bonds. The summed E-state index contributed by atoms with van der Waals surface area (Å²) >= 11 is 0. The van der Waals surface area contributed by atoms with E-state index in [2.05, 4.69) is 0 Å². The van der Waals surface area contributed by atoms with Crippen LogP contribution in [0.5, 0.6) is 11.5 Å². The first-order valence-electron chi connectivity index (χ1n) is 7.20. The molecule has 21 heavy (non-hydrogen) atoms. The van der Waals surface area contributed by atoms with Crippen LogP contribution in [0.1, 0.15) is 40.9 Å². The summed E-state index contributed by atoms with van der Waals surface area (Å²) in [5.41, 5.74) is 2.76. The van der Waals surface area contributed by atoms with E-state index in [9.17, 15) is 4.79 Å². The summed E-state index contributed by atoms with van der Waals surface area (Å²) in [5, 5.41) is 0. The van der Waals surface area contributed by atoms with Gasteiger partial charge in [0.15, 0.2) is 5.78 Å². The highest BCUT2D eigenvalue weighted by atomic mass is 16.5. The molecule has 3 rings (SSSR count). The fourth-order valence-electron chi connectivity index (χ4n) is 2.57. The van der Waals surface area contributed by atoms with Crippen LogP contribution in [-0.4, -0.2) is 12.4 Å². The second-order valence-corrected chi connectivity index (χ2v) is 5.24. The van der Waals surface area contributed by atoms with Crippen molar-refractivity contribution in [3.8, 4) is 11.5 Å². The number of hydrogen-bond acceptors (Lipinski definition) is 3. The van der Waals surface area contributed by atoms with Crippen LogP contribution in [0.25, 0.3) is 0 Å².